The lowest BCUT2D eigenvalue weighted by Crippen LogP contribution is -2.26. The molecule has 2 aromatic carbocycles. The number of benzene rings is 2. The minimum atomic E-state index is -0.220. The highest BCUT2D eigenvalue weighted by molar-refractivity contribution is 6.30. The first kappa shape index (κ1) is 16.3. The van der Waals surface area contributed by atoms with Crippen molar-refractivity contribution in [3.63, 3.8) is 0 Å². The SMILES string of the molecule is Cc1ccc(N(C)C(=O)c2cc(-c3ccc(Cl)cc3)on2)cc1C. The van der Waals surface area contributed by atoms with E-state index in [9.17, 15) is 4.79 Å². The van der Waals surface area contributed by atoms with E-state index in [2.05, 4.69) is 5.16 Å². The lowest BCUT2D eigenvalue weighted by atomic mass is 10.1. The number of halogens is 1. The fourth-order valence-corrected chi connectivity index (χ4v) is 2.48. The third kappa shape index (κ3) is 3.19. The van der Waals surface area contributed by atoms with Crippen LogP contribution < -0.4 is 4.90 Å². The monoisotopic (exact) mass is 340 g/mol. The number of carbonyl (C=O) groups is 1. The highest BCUT2D eigenvalue weighted by Crippen LogP contribution is 2.24. The number of nitrogens with zero attached hydrogens (tertiary/aromatic N) is 2. The van der Waals surface area contributed by atoms with Crippen LogP contribution in [-0.4, -0.2) is 18.1 Å². The summed E-state index contributed by atoms with van der Waals surface area (Å²) < 4.78 is 5.30. The van der Waals surface area contributed by atoms with E-state index in [1.54, 1.807) is 30.1 Å². The van der Waals surface area contributed by atoms with Crippen LogP contribution in [0.2, 0.25) is 5.02 Å². The average molecular weight is 341 g/mol. The van der Waals surface area contributed by atoms with Crippen LogP contribution in [0.3, 0.4) is 0 Å². The van der Waals surface area contributed by atoms with Gasteiger partial charge in [-0.3, -0.25) is 4.79 Å². The Morgan fingerprint density at radius 3 is 2.42 bits per heavy atom. The van der Waals surface area contributed by atoms with Crippen LogP contribution in [0.1, 0.15) is 21.6 Å². The molecule has 0 aliphatic rings. The molecule has 3 rings (SSSR count). The first-order valence-electron chi connectivity index (χ1n) is 7.53. The zero-order valence-corrected chi connectivity index (χ0v) is 14.5. The summed E-state index contributed by atoms with van der Waals surface area (Å²) in [6.45, 7) is 4.06. The summed E-state index contributed by atoms with van der Waals surface area (Å²) in [5.41, 5.74) is 4.22. The molecular formula is C19H17ClN2O2. The average Bonchev–Trinajstić information content (AvgIpc) is 3.06. The summed E-state index contributed by atoms with van der Waals surface area (Å²) in [6, 6.07) is 14.7. The summed E-state index contributed by atoms with van der Waals surface area (Å²) in [7, 11) is 1.73. The maximum absolute atomic E-state index is 12.6. The number of anilines is 1. The molecule has 24 heavy (non-hydrogen) atoms. The number of amides is 1. The lowest BCUT2D eigenvalue weighted by Gasteiger charge is -2.17. The van der Waals surface area contributed by atoms with E-state index in [1.165, 1.54) is 5.56 Å². The van der Waals surface area contributed by atoms with Crippen LogP contribution >= 0.6 is 11.6 Å². The van der Waals surface area contributed by atoms with Gasteiger partial charge < -0.3 is 9.42 Å². The molecule has 0 saturated carbocycles. The van der Waals surface area contributed by atoms with Gasteiger partial charge in [0.15, 0.2) is 11.5 Å². The first-order valence-corrected chi connectivity index (χ1v) is 7.91. The fraction of sp³-hybridized carbons (Fsp3) is 0.158. The van der Waals surface area contributed by atoms with Gasteiger partial charge in [-0.2, -0.15) is 0 Å². The number of aryl methyl sites for hydroxylation is 2. The molecule has 0 aliphatic carbocycles. The van der Waals surface area contributed by atoms with Gasteiger partial charge in [-0.05, 0) is 61.4 Å². The fourth-order valence-electron chi connectivity index (χ4n) is 2.35. The van der Waals surface area contributed by atoms with Crippen molar-refractivity contribution in [3.05, 3.63) is 70.4 Å². The second kappa shape index (κ2) is 6.49. The Morgan fingerprint density at radius 1 is 1.04 bits per heavy atom. The van der Waals surface area contributed by atoms with E-state index < -0.39 is 0 Å². The third-order valence-electron chi connectivity index (χ3n) is 4.04. The Labute approximate surface area is 145 Å². The lowest BCUT2D eigenvalue weighted by molar-refractivity contribution is 0.0984. The Morgan fingerprint density at radius 2 is 1.75 bits per heavy atom. The topological polar surface area (TPSA) is 46.3 Å². The maximum atomic E-state index is 12.6. The van der Waals surface area contributed by atoms with Crippen molar-refractivity contribution < 1.29 is 9.32 Å². The number of hydrogen-bond acceptors (Lipinski definition) is 3. The second-order valence-electron chi connectivity index (χ2n) is 5.72. The molecule has 0 spiro atoms. The zero-order chi connectivity index (χ0) is 17.3. The quantitative estimate of drug-likeness (QED) is 0.682. The number of hydrogen-bond donors (Lipinski definition) is 0. The molecule has 5 heteroatoms. The number of carbonyl (C=O) groups excluding carboxylic acids is 1. The number of aromatic nitrogens is 1. The second-order valence-corrected chi connectivity index (χ2v) is 6.15. The van der Waals surface area contributed by atoms with Gasteiger partial charge >= 0.3 is 0 Å². The van der Waals surface area contributed by atoms with Gasteiger partial charge in [-0.15, -0.1) is 0 Å². The van der Waals surface area contributed by atoms with E-state index in [4.69, 9.17) is 16.1 Å². The van der Waals surface area contributed by atoms with E-state index >= 15 is 0 Å². The van der Waals surface area contributed by atoms with Crippen LogP contribution in [0, 0.1) is 13.8 Å². The molecule has 3 aromatic rings. The molecule has 4 nitrogen and oxygen atoms in total. The third-order valence-corrected chi connectivity index (χ3v) is 4.29. The molecule has 0 atom stereocenters. The van der Waals surface area contributed by atoms with Gasteiger partial charge in [0.1, 0.15) is 0 Å². The predicted octanol–water partition coefficient (Wildman–Crippen LogP) is 4.89. The zero-order valence-electron chi connectivity index (χ0n) is 13.7. The standard InChI is InChI=1S/C19H17ClN2O2/c1-12-4-9-16(10-13(12)2)22(3)19(23)17-11-18(24-21-17)14-5-7-15(20)8-6-14/h4-11H,1-3H3. The summed E-state index contributed by atoms with van der Waals surface area (Å²) in [5, 5.41) is 4.54. The predicted molar refractivity (Wildman–Crippen MR) is 95.6 cm³/mol. The van der Waals surface area contributed by atoms with Crippen molar-refractivity contribution in [2.45, 2.75) is 13.8 Å². The smallest absolute Gasteiger partial charge is 0.280 e. The molecule has 1 amide bonds. The van der Waals surface area contributed by atoms with Crippen LogP contribution in [-0.2, 0) is 0 Å². The number of rotatable bonds is 3. The van der Waals surface area contributed by atoms with Crippen molar-refractivity contribution in [1.82, 2.24) is 5.16 Å². The van der Waals surface area contributed by atoms with Gasteiger partial charge in [0.05, 0.1) is 0 Å². The van der Waals surface area contributed by atoms with Gasteiger partial charge in [-0.25, -0.2) is 0 Å². The molecule has 122 valence electrons. The minimum Gasteiger partial charge on any atom is -0.355 e. The van der Waals surface area contributed by atoms with Crippen LogP contribution in [0.15, 0.2) is 53.1 Å². The van der Waals surface area contributed by atoms with Gasteiger partial charge in [0, 0.05) is 29.4 Å². The molecule has 1 aromatic heterocycles. The van der Waals surface area contributed by atoms with Crippen molar-refractivity contribution in [2.75, 3.05) is 11.9 Å². The van der Waals surface area contributed by atoms with Gasteiger partial charge in [-0.1, -0.05) is 22.8 Å². The molecular weight excluding hydrogens is 324 g/mol. The normalized spacial score (nSPS) is 10.7. The summed E-state index contributed by atoms with van der Waals surface area (Å²) >= 11 is 5.88. The minimum absolute atomic E-state index is 0.220. The van der Waals surface area contributed by atoms with Crippen LogP contribution in [0.4, 0.5) is 5.69 Å². The highest BCUT2D eigenvalue weighted by Gasteiger charge is 2.19. The molecule has 0 radical (unpaired) electrons. The van der Waals surface area contributed by atoms with Crippen molar-refractivity contribution in [3.8, 4) is 11.3 Å². The van der Waals surface area contributed by atoms with Crippen molar-refractivity contribution in [1.29, 1.82) is 0 Å². The van der Waals surface area contributed by atoms with Gasteiger partial charge in [0.25, 0.3) is 5.91 Å². The van der Waals surface area contributed by atoms with E-state index in [-0.39, 0.29) is 11.6 Å². The molecule has 0 fully saturated rings. The van der Waals surface area contributed by atoms with Crippen molar-refractivity contribution in [2.24, 2.45) is 0 Å². The van der Waals surface area contributed by atoms with E-state index in [0.717, 1.165) is 16.8 Å². The highest BCUT2D eigenvalue weighted by atomic mass is 35.5. The molecule has 0 saturated heterocycles. The Kier molecular flexibility index (Phi) is 4.40. The van der Waals surface area contributed by atoms with Gasteiger partial charge in [0.2, 0.25) is 0 Å². The molecule has 0 unspecified atom stereocenters. The molecule has 1 heterocycles. The maximum Gasteiger partial charge on any atom is 0.280 e. The largest absolute Gasteiger partial charge is 0.355 e. The Bertz CT molecular complexity index is 885. The Balaban J connectivity index is 1.85. The summed E-state index contributed by atoms with van der Waals surface area (Å²) in [5.74, 6) is 0.311. The summed E-state index contributed by atoms with van der Waals surface area (Å²) in [4.78, 5) is 14.2. The molecule has 0 N–H and O–H groups in total. The van der Waals surface area contributed by atoms with Crippen LogP contribution in [0.25, 0.3) is 11.3 Å². The molecule has 0 aliphatic heterocycles. The van der Waals surface area contributed by atoms with Crippen molar-refractivity contribution >= 4 is 23.2 Å². The first-order chi connectivity index (χ1) is 11.5. The molecule has 0 bridgehead atoms. The Hall–Kier alpha value is -2.59. The van der Waals surface area contributed by atoms with E-state index in [1.807, 2.05) is 44.2 Å². The van der Waals surface area contributed by atoms with Crippen LogP contribution in [0.5, 0.6) is 0 Å². The summed E-state index contributed by atoms with van der Waals surface area (Å²) in [6.07, 6.45) is 0. The van der Waals surface area contributed by atoms with E-state index in [0.29, 0.717) is 10.8 Å².